The van der Waals surface area contributed by atoms with Gasteiger partial charge in [0.05, 0.1) is 13.0 Å². The van der Waals surface area contributed by atoms with E-state index in [0.29, 0.717) is 5.92 Å². The fourth-order valence-electron chi connectivity index (χ4n) is 1.85. The molecule has 3 heteroatoms. The first-order valence-corrected chi connectivity index (χ1v) is 5.11. The van der Waals surface area contributed by atoms with Crippen molar-refractivity contribution in [2.75, 3.05) is 6.61 Å². The van der Waals surface area contributed by atoms with Crippen LogP contribution < -0.4 is 4.74 Å². The Hall–Kier alpha value is -1.51. The second-order valence-corrected chi connectivity index (χ2v) is 4.13. The van der Waals surface area contributed by atoms with E-state index in [0.717, 1.165) is 24.3 Å². The van der Waals surface area contributed by atoms with E-state index in [1.807, 2.05) is 18.2 Å². The minimum atomic E-state index is -0.806. The van der Waals surface area contributed by atoms with Gasteiger partial charge in [-0.2, -0.15) is 0 Å². The smallest absolute Gasteiger partial charge is 0.307 e. The van der Waals surface area contributed by atoms with Gasteiger partial charge in [0.2, 0.25) is 0 Å². The summed E-state index contributed by atoms with van der Waals surface area (Å²) in [5, 5.41) is 8.67. The highest BCUT2D eigenvalue weighted by Gasteiger charge is 2.16. The first kappa shape index (κ1) is 10.0. The highest BCUT2D eigenvalue weighted by molar-refractivity contribution is 5.70. The lowest BCUT2D eigenvalue weighted by molar-refractivity contribution is -0.136. The summed E-state index contributed by atoms with van der Waals surface area (Å²) in [5.74, 6) is 0.591. The molecule has 1 atom stereocenters. The number of ether oxygens (including phenoxy) is 1. The van der Waals surface area contributed by atoms with Gasteiger partial charge in [-0.3, -0.25) is 4.79 Å². The molecule has 15 heavy (non-hydrogen) atoms. The highest BCUT2D eigenvalue weighted by Crippen LogP contribution is 2.28. The Balaban J connectivity index is 2.23. The first-order chi connectivity index (χ1) is 7.15. The summed E-state index contributed by atoms with van der Waals surface area (Å²) in [5.41, 5.74) is 1.98. The molecule has 1 aliphatic rings. The summed E-state index contributed by atoms with van der Waals surface area (Å²) in [6.45, 7) is 2.87. The largest absolute Gasteiger partial charge is 0.493 e. The summed E-state index contributed by atoms with van der Waals surface area (Å²) in [6.07, 6.45) is 1.08. The van der Waals surface area contributed by atoms with Gasteiger partial charge < -0.3 is 9.84 Å². The Labute approximate surface area is 88.7 Å². The van der Waals surface area contributed by atoms with Crippen LogP contribution in [0.1, 0.15) is 18.1 Å². The number of aliphatic carboxylic acids is 1. The molecule has 0 spiro atoms. The van der Waals surface area contributed by atoms with Crippen molar-refractivity contribution in [1.29, 1.82) is 0 Å². The molecule has 0 bridgehead atoms. The molecule has 0 saturated carbocycles. The number of hydrogen-bond acceptors (Lipinski definition) is 2. The summed E-state index contributed by atoms with van der Waals surface area (Å²) in [7, 11) is 0. The average Bonchev–Trinajstić information content (AvgIpc) is 2.17. The molecule has 0 aromatic heterocycles. The lowest BCUT2D eigenvalue weighted by Gasteiger charge is -2.22. The first-order valence-electron chi connectivity index (χ1n) is 5.11. The van der Waals surface area contributed by atoms with Crippen LogP contribution in [0.2, 0.25) is 0 Å². The van der Waals surface area contributed by atoms with Gasteiger partial charge in [0.25, 0.3) is 0 Å². The summed E-state index contributed by atoms with van der Waals surface area (Å²) in [6, 6.07) is 5.69. The number of fused-ring (bicyclic) bond motifs is 1. The quantitative estimate of drug-likeness (QED) is 0.803. The monoisotopic (exact) mass is 206 g/mol. The van der Waals surface area contributed by atoms with Crippen molar-refractivity contribution in [2.45, 2.75) is 19.8 Å². The second-order valence-electron chi connectivity index (χ2n) is 4.13. The molecule has 0 radical (unpaired) electrons. The van der Waals surface area contributed by atoms with E-state index in [1.165, 1.54) is 5.56 Å². The van der Waals surface area contributed by atoms with Gasteiger partial charge in [-0.25, -0.2) is 0 Å². The van der Waals surface area contributed by atoms with Crippen LogP contribution >= 0.6 is 0 Å². The molecule has 0 fully saturated rings. The van der Waals surface area contributed by atoms with E-state index >= 15 is 0 Å². The molecule has 1 heterocycles. The zero-order valence-corrected chi connectivity index (χ0v) is 8.69. The van der Waals surface area contributed by atoms with E-state index in [-0.39, 0.29) is 6.42 Å². The van der Waals surface area contributed by atoms with Gasteiger partial charge in [0.15, 0.2) is 0 Å². The molecule has 3 nitrogen and oxygen atoms in total. The standard InChI is InChI=1S/C12H14O3/c1-8-4-10-3-2-9(6-12(13)14)5-11(10)15-7-8/h2-3,5,8H,4,6-7H2,1H3,(H,13,14). The summed E-state index contributed by atoms with van der Waals surface area (Å²) >= 11 is 0. The topological polar surface area (TPSA) is 46.5 Å². The Morgan fingerprint density at radius 1 is 1.60 bits per heavy atom. The molecular formula is C12H14O3. The van der Waals surface area contributed by atoms with Gasteiger partial charge in [0, 0.05) is 0 Å². The molecule has 2 rings (SSSR count). The molecule has 1 aliphatic heterocycles. The molecule has 1 aromatic rings. The van der Waals surface area contributed by atoms with Gasteiger partial charge in [-0.1, -0.05) is 19.1 Å². The van der Waals surface area contributed by atoms with Gasteiger partial charge in [0.1, 0.15) is 5.75 Å². The maximum atomic E-state index is 10.5. The Morgan fingerprint density at radius 3 is 3.13 bits per heavy atom. The van der Waals surface area contributed by atoms with E-state index in [9.17, 15) is 4.79 Å². The van der Waals surface area contributed by atoms with Crippen LogP contribution in [0, 0.1) is 5.92 Å². The Bertz CT molecular complexity index is 384. The molecule has 0 aliphatic carbocycles. The van der Waals surface area contributed by atoms with E-state index < -0.39 is 5.97 Å². The lowest BCUT2D eigenvalue weighted by atomic mass is 9.97. The third-order valence-electron chi connectivity index (χ3n) is 2.58. The van der Waals surface area contributed by atoms with Crippen molar-refractivity contribution < 1.29 is 14.6 Å². The fourth-order valence-corrected chi connectivity index (χ4v) is 1.85. The number of carboxylic acid groups (broad SMARTS) is 1. The van der Waals surface area contributed by atoms with E-state index in [2.05, 4.69) is 6.92 Å². The van der Waals surface area contributed by atoms with Crippen molar-refractivity contribution >= 4 is 5.97 Å². The number of carboxylic acids is 1. The van der Waals surface area contributed by atoms with Crippen LogP contribution in [0.3, 0.4) is 0 Å². The molecule has 0 amide bonds. The summed E-state index contributed by atoms with van der Waals surface area (Å²) in [4.78, 5) is 10.5. The van der Waals surface area contributed by atoms with Crippen LogP contribution in [0.4, 0.5) is 0 Å². The predicted octanol–water partition coefficient (Wildman–Crippen LogP) is 1.88. The van der Waals surface area contributed by atoms with Gasteiger partial charge in [-0.15, -0.1) is 0 Å². The Morgan fingerprint density at radius 2 is 2.40 bits per heavy atom. The molecule has 1 N–H and O–H groups in total. The van der Waals surface area contributed by atoms with Crippen molar-refractivity contribution in [3.8, 4) is 5.75 Å². The van der Waals surface area contributed by atoms with Crippen LogP contribution in [0.15, 0.2) is 18.2 Å². The molecular weight excluding hydrogens is 192 g/mol. The van der Waals surface area contributed by atoms with Crippen molar-refractivity contribution in [3.05, 3.63) is 29.3 Å². The fraction of sp³-hybridized carbons (Fsp3) is 0.417. The SMILES string of the molecule is CC1COc2cc(CC(=O)O)ccc2C1. The summed E-state index contributed by atoms with van der Waals surface area (Å²) < 4.78 is 5.57. The third-order valence-corrected chi connectivity index (χ3v) is 2.58. The van der Waals surface area contributed by atoms with Crippen LogP contribution in [0.5, 0.6) is 5.75 Å². The lowest BCUT2D eigenvalue weighted by Crippen LogP contribution is -2.18. The molecule has 0 saturated heterocycles. The normalized spacial score (nSPS) is 19.1. The van der Waals surface area contributed by atoms with Crippen molar-refractivity contribution in [2.24, 2.45) is 5.92 Å². The Kier molecular flexibility index (Phi) is 2.62. The van der Waals surface area contributed by atoms with Crippen LogP contribution in [-0.4, -0.2) is 17.7 Å². The highest BCUT2D eigenvalue weighted by atomic mass is 16.5. The average molecular weight is 206 g/mol. The van der Waals surface area contributed by atoms with Crippen LogP contribution in [-0.2, 0) is 17.6 Å². The minimum absolute atomic E-state index is 0.0617. The van der Waals surface area contributed by atoms with E-state index in [4.69, 9.17) is 9.84 Å². The maximum absolute atomic E-state index is 10.5. The van der Waals surface area contributed by atoms with Gasteiger partial charge in [-0.05, 0) is 29.5 Å². The third kappa shape index (κ3) is 2.29. The van der Waals surface area contributed by atoms with Crippen molar-refractivity contribution in [1.82, 2.24) is 0 Å². The van der Waals surface area contributed by atoms with E-state index in [1.54, 1.807) is 0 Å². The molecule has 1 unspecified atom stereocenters. The zero-order chi connectivity index (χ0) is 10.8. The second kappa shape index (κ2) is 3.93. The number of benzene rings is 1. The minimum Gasteiger partial charge on any atom is -0.493 e. The van der Waals surface area contributed by atoms with Crippen LogP contribution in [0.25, 0.3) is 0 Å². The van der Waals surface area contributed by atoms with Crippen molar-refractivity contribution in [3.63, 3.8) is 0 Å². The maximum Gasteiger partial charge on any atom is 0.307 e. The molecule has 1 aromatic carbocycles. The number of hydrogen-bond donors (Lipinski definition) is 1. The molecule has 80 valence electrons. The van der Waals surface area contributed by atoms with Gasteiger partial charge >= 0.3 is 5.97 Å². The zero-order valence-electron chi connectivity index (χ0n) is 8.69. The number of rotatable bonds is 2. The number of carbonyl (C=O) groups is 1. The predicted molar refractivity (Wildman–Crippen MR) is 56.1 cm³/mol.